The van der Waals surface area contributed by atoms with Crippen LogP contribution < -0.4 is 5.32 Å². The summed E-state index contributed by atoms with van der Waals surface area (Å²) in [5, 5.41) is 6.33. The second-order valence-corrected chi connectivity index (χ2v) is 7.62. The van der Waals surface area contributed by atoms with Crippen LogP contribution in [0.2, 0.25) is 0 Å². The van der Waals surface area contributed by atoms with E-state index in [0.29, 0.717) is 6.04 Å². The van der Waals surface area contributed by atoms with Gasteiger partial charge in [-0.1, -0.05) is 41.9 Å². The van der Waals surface area contributed by atoms with Crippen LogP contribution in [0.3, 0.4) is 0 Å². The van der Waals surface area contributed by atoms with Crippen LogP contribution in [0.15, 0.2) is 40.9 Å². The molecular weight excluding hydrogens is 322 g/mol. The molecule has 1 aliphatic rings. The molecule has 0 amide bonds. The van der Waals surface area contributed by atoms with Crippen molar-refractivity contribution >= 4 is 32.4 Å². The van der Waals surface area contributed by atoms with Gasteiger partial charge in [0.05, 0.1) is 0 Å². The van der Waals surface area contributed by atoms with Crippen LogP contribution in [0.25, 0.3) is 10.8 Å². The van der Waals surface area contributed by atoms with E-state index in [0.717, 1.165) is 16.3 Å². The zero-order valence-corrected chi connectivity index (χ0v) is 14.5. The van der Waals surface area contributed by atoms with E-state index in [1.807, 2.05) is 0 Å². The molecule has 1 aliphatic carbocycles. The molecule has 1 saturated carbocycles. The van der Waals surface area contributed by atoms with Crippen molar-refractivity contribution < 1.29 is 0 Å². The Morgan fingerprint density at radius 3 is 2.33 bits per heavy atom. The molecule has 0 spiro atoms. The highest BCUT2D eigenvalue weighted by Gasteiger charge is 2.22. The molecule has 0 bridgehead atoms. The van der Waals surface area contributed by atoms with E-state index < -0.39 is 0 Å². The lowest BCUT2D eigenvalue weighted by molar-refractivity contribution is 0.267. The third kappa shape index (κ3) is 3.60. The van der Waals surface area contributed by atoms with Gasteiger partial charge in [0.2, 0.25) is 0 Å². The first-order valence-electron chi connectivity index (χ1n) is 8.07. The Morgan fingerprint density at radius 1 is 0.952 bits per heavy atom. The van der Waals surface area contributed by atoms with Crippen LogP contribution in [0.4, 0.5) is 5.69 Å². The fourth-order valence-electron chi connectivity index (χ4n) is 3.47. The van der Waals surface area contributed by atoms with Crippen LogP contribution in [0.1, 0.15) is 39.5 Å². The number of hydrogen-bond donors (Lipinski definition) is 1. The fourth-order valence-corrected chi connectivity index (χ4v) is 3.85. The van der Waals surface area contributed by atoms with Gasteiger partial charge in [-0.25, -0.2) is 0 Å². The van der Waals surface area contributed by atoms with E-state index in [-0.39, 0.29) is 0 Å². The Labute approximate surface area is 136 Å². The Morgan fingerprint density at radius 2 is 1.62 bits per heavy atom. The molecule has 0 saturated heterocycles. The molecule has 0 heterocycles. The van der Waals surface area contributed by atoms with Crippen LogP contribution in [0, 0.1) is 11.8 Å². The molecule has 0 aliphatic heterocycles. The summed E-state index contributed by atoms with van der Waals surface area (Å²) in [5.74, 6) is 1.77. The average Bonchev–Trinajstić information content (AvgIpc) is 2.48. The third-order valence-corrected chi connectivity index (χ3v) is 5.38. The minimum absolute atomic E-state index is 0.646. The maximum Gasteiger partial charge on any atom is 0.0348 e. The molecule has 3 rings (SSSR count). The summed E-state index contributed by atoms with van der Waals surface area (Å²) in [7, 11) is 0. The predicted octanol–water partition coefficient (Wildman–Crippen LogP) is 6.23. The number of hydrogen-bond acceptors (Lipinski definition) is 1. The quantitative estimate of drug-likeness (QED) is 0.695. The predicted molar refractivity (Wildman–Crippen MR) is 95.9 cm³/mol. The summed E-state index contributed by atoms with van der Waals surface area (Å²) in [6.07, 6.45) is 5.36. The fraction of sp³-hybridized carbons (Fsp3) is 0.474. The van der Waals surface area contributed by atoms with Gasteiger partial charge < -0.3 is 5.32 Å². The van der Waals surface area contributed by atoms with Crippen molar-refractivity contribution in [1.82, 2.24) is 0 Å². The minimum Gasteiger partial charge on any atom is -0.382 e. The second kappa shape index (κ2) is 6.39. The average molecular weight is 346 g/mol. The molecule has 2 aromatic rings. The van der Waals surface area contributed by atoms with Crippen LogP contribution in [-0.4, -0.2) is 6.04 Å². The van der Waals surface area contributed by atoms with Gasteiger partial charge in [-0.3, -0.25) is 0 Å². The maximum atomic E-state index is 3.74. The van der Waals surface area contributed by atoms with Gasteiger partial charge in [-0.2, -0.15) is 0 Å². The zero-order valence-electron chi connectivity index (χ0n) is 12.9. The molecule has 1 N–H and O–H groups in total. The van der Waals surface area contributed by atoms with E-state index in [4.69, 9.17) is 0 Å². The molecule has 0 atom stereocenters. The number of nitrogens with one attached hydrogen (secondary N) is 1. The zero-order chi connectivity index (χ0) is 14.8. The number of halogens is 1. The molecule has 0 radical (unpaired) electrons. The number of anilines is 1. The Kier molecular flexibility index (Phi) is 4.54. The molecule has 21 heavy (non-hydrogen) atoms. The van der Waals surface area contributed by atoms with E-state index in [9.17, 15) is 0 Å². The van der Waals surface area contributed by atoms with Gasteiger partial charge in [0.15, 0.2) is 0 Å². The first-order chi connectivity index (χ1) is 10.1. The summed E-state index contributed by atoms with van der Waals surface area (Å²) >= 11 is 3.53. The lowest BCUT2D eigenvalue weighted by Gasteiger charge is -2.31. The van der Waals surface area contributed by atoms with Crippen molar-refractivity contribution in [2.75, 3.05) is 5.32 Å². The molecule has 1 fully saturated rings. The van der Waals surface area contributed by atoms with Crippen molar-refractivity contribution in [2.45, 2.75) is 45.6 Å². The molecule has 2 heteroatoms. The normalized spacial score (nSPS) is 22.7. The van der Waals surface area contributed by atoms with Crippen LogP contribution >= 0.6 is 15.9 Å². The number of fused-ring (bicyclic) bond motifs is 1. The van der Waals surface area contributed by atoms with Crippen LogP contribution in [0.5, 0.6) is 0 Å². The first-order valence-corrected chi connectivity index (χ1v) is 8.87. The molecule has 112 valence electrons. The van der Waals surface area contributed by atoms with Crippen molar-refractivity contribution in [2.24, 2.45) is 11.8 Å². The van der Waals surface area contributed by atoms with Crippen LogP contribution in [-0.2, 0) is 0 Å². The highest BCUT2D eigenvalue weighted by atomic mass is 79.9. The van der Waals surface area contributed by atoms with Gasteiger partial charge >= 0.3 is 0 Å². The van der Waals surface area contributed by atoms with Gasteiger partial charge in [0.25, 0.3) is 0 Å². The maximum absolute atomic E-state index is 3.74. The standard InChI is InChI=1S/C19H24BrN/c1-13(2)14-4-8-18(9-5-14)21-19-10-6-15-11-17(20)7-3-16(15)12-19/h3,6-7,10-14,18,21H,4-5,8-9H2,1-2H3. The lowest BCUT2D eigenvalue weighted by Crippen LogP contribution is -2.27. The first kappa shape index (κ1) is 14.9. The monoisotopic (exact) mass is 345 g/mol. The summed E-state index contributed by atoms with van der Waals surface area (Å²) in [6.45, 7) is 4.72. The van der Waals surface area contributed by atoms with Crippen molar-refractivity contribution in [1.29, 1.82) is 0 Å². The minimum atomic E-state index is 0.646. The molecule has 0 aromatic heterocycles. The number of benzene rings is 2. The molecule has 2 aromatic carbocycles. The lowest BCUT2D eigenvalue weighted by atomic mass is 9.79. The summed E-state index contributed by atoms with van der Waals surface area (Å²) in [5.41, 5.74) is 1.26. The van der Waals surface area contributed by atoms with E-state index in [1.165, 1.54) is 42.1 Å². The molecular formula is C19H24BrN. The van der Waals surface area contributed by atoms with Gasteiger partial charge in [0, 0.05) is 16.2 Å². The van der Waals surface area contributed by atoms with Gasteiger partial charge in [0.1, 0.15) is 0 Å². The highest BCUT2D eigenvalue weighted by Crippen LogP contribution is 2.32. The van der Waals surface area contributed by atoms with Crippen molar-refractivity contribution in [3.63, 3.8) is 0 Å². The Balaban J connectivity index is 1.67. The SMILES string of the molecule is CC(C)C1CCC(Nc2ccc3cc(Br)ccc3c2)CC1. The van der Waals surface area contributed by atoms with Crippen molar-refractivity contribution in [3.05, 3.63) is 40.9 Å². The van der Waals surface area contributed by atoms with E-state index in [1.54, 1.807) is 0 Å². The van der Waals surface area contributed by atoms with E-state index >= 15 is 0 Å². The van der Waals surface area contributed by atoms with Gasteiger partial charge in [-0.05, 0) is 72.6 Å². The largest absolute Gasteiger partial charge is 0.382 e. The smallest absolute Gasteiger partial charge is 0.0348 e. The Hall–Kier alpha value is -1.02. The number of rotatable bonds is 3. The molecule has 1 nitrogen and oxygen atoms in total. The Bertz CT molecular complexity index is 612. The topological polar surface area (TPSA) is 12.0 Å². The second-order valence-electron chi connectivity index (χ2n) is 6.71. The van der Waals surface area contributed by atoms with E-state index in [2.05, 4.69) is 71.5 Å². The molecule has 0 unspecified atom stereocenters. The summed E-state index contributed by atoms with van der Waals surface area (Å²) in [4.78, 5) is 0. The van der Waals surface area contributed by atoms with Gasteiger partial charge in [-0.15, -0.1) is 0 Å². The highest BCUT2D eigenvalue weighted by molar-refractivity contribution is 9.10. The third-order valence-electron chi connectivity index (χ3n) is 4.89. The summed E-state index contributed by atoms with van der Waals surface area (Å²) in [6, 6.07) is 13.8. The summed E-state index contributed by atoms with van der Waals surface area (Å²) < 4.78 is 1.14. The van der Waals surface area contributed by atoms with Crippen molar-refractivity contribution in [3.8, 4) is 0 Å².